The molecule has 0 radical (unpaired) electrons. The Bertz CT molecular complexity index is 1410. The standard InChI is InChI=1S/C20H21N5O3S2/c1-10(2)9-30(27,28)20-24-25-17(21)15(18(26)23-19(25)29-20)8-13-12(4)22-16-6-5-11(3)7-14(13)16/h5-8,10H,9,21H2,1-4H3. The van der Waals surface area contributed by atoms with E-state index >= 15 is 0 Å². The highest BCUT2D eigenvalue weighted by atomic mass is 32.2. The van der Waals surface area contributed by atoms with Crippen LogP contribution >= 0.6 is 11.3 Å². The molecule has 30 heavy (non-hydrogen) atoms. The first-order chi connectivity index (χ1) is 14.1. The van der Waals surface area contributed by atoms with Crippen LogP contribution in [0, 0.1) is 12.8 Å². The van der Waals surface area contributed by atoms with Gasteiger partial charge in [0.15, 0.2) is 0 Å². The number of aliphatic imine (C=N–C) groups is 1. The minimum atomic E-state index is -3.59. The van der Waals surface area contributed by atoms with Gasteiger partial charge in [0.2, 0.25) is 19.1 Å². The first-order valence-corrected chi connectivity index (χ1v) is 11.8. The van der Waals surface area contributed by atoms with E-state index in [-0.39, 0.29) is 32.4 Å². The van der Waals surface area contributed by atoms with Crippen LogP contribution in [0.4, 0.5) is 11.5 Å². The summed E-state index contributed by atoms with van der Waals surface area (Å²) in [6, 6.07) is 5.91. The van der Waals surface area contributed by atoms with Crippen molar-refractivity contribution in [1.82, 2.24) is 14.6 Å². The van der Waals surface area contributed by atoms with E-state index in [2.05, 4.69) is 15.1 Å². The zero-order valence-electron chi connectivity index (χ0n) is 17.0. The number of aryl methyl sites for hydroxylation is 1. The fourth-order valence-electron chi connectivity index (χ4n) is 3.36. The number of rotatable bonds is 4. The number of aromatic nitrogens is 3. The van der Waals surface area contributed by atoms with E-state index in [1.807, 2.05) is 45.9 Å². The molecule has 1 aliphatic rings. The minimum absolute atomic E-state index is 0.0414. The number of nitrogens with two attached hydrogens (primary N) is 1. The Morgan fingerprint density at radius 3 is 2.70 bits per heavy atom. The van der Waals surface area contributed by atoms with Crippen molar-refractivity contribution in [2.24, 2.45) is 10.9 Å². The maximum Gasteiger partial charge on any atom is 0.283 e. The van der Waals surface area contributed by atoms with Gasteiger partial charge in [0.05, 0.1) is 17.0 Å². The van der Waals surface area contributed by atoms with Gasteiger partial charge in [0.1, 0.15) is 5.82 Å². The van der Waals surface area contributed by atoms with Crippen molar-refractivity contribution in [3.8, 4) is 0 Å². The molecule has 3 aromatic rings. The average molecular weight is 444 g/mol. The molecule has 0 bridgehead atoms. The highest BCUT2D eigenvalue weighted by molar-refractivity contribution is 7.93. The number of nitrogens with zero attached hydrogens (tertiary/aromatic N) is 4. The molecular weight excluding hydrogens is 422 g/mol. The molecule has 1 aliphatic heterocycles. The van der Waals surface area contributed by atoms with Crippen LogP contribution in [0.5, 0.6) is 0 Å². The van der Waals surface area contributed by atoms with Crippen LogP contribution in [-0.2, 0) is 9.84 Å². The molecule has 0 unspecified atom stereocenters. The van der Waals surface area contributed by atoms with Gasteiger partial charge < -0.3 is 5.73 Å². The van der Waals surface area contributed by atoms with Gasteiger partial charge in [-0.2, -0.15) is 9.50 Å². The molecule has 1 aromatic carbocycles. The summed E-state index contributed by atoms with van der Waals surface area (Å²) < 4.78 is 26.2. The summed E-state index contributed by atoms with van der Waals surface area (Å²) in [5.41, 5.74) is 10.2. The highest BCUT2D eigenvalue weighted by Gasteiger charge is 2.24. The van der Waals surface area contributed by atoms with Gasteiger partial charge in [0, 0.05) is 16.8 Å². The topological polar surface area (TPSA) is 120 Å². The zero-order chi connectivity index (χ0) is 21.8. The van der Waals surface area contributed by atoms with Crippen molar-refractivity contribution in [2.75, 3.05) is 11.5 Å². The second-order valence-corrected chi connectivity index (χ2v) is 10.9. The predicted molar refractivity (Wildman–Crippen MR) is 120 cm³/mol. The van der Waals surface area contributed by atoms with E-state index in [9.17, 15) is 13.2 Å². The van der Waals surface area contributed by atoms with Crippen LogP contribution in [0.2, 0.25) is 0 Å². The smallest absolute Gasteiger partial charge is 0.283 e. The van der Waals surface area contributed by atoms with Crippen molar-refractivity contribution in [3.05, 3.63) is 45.2 Å². The fraction of sp³-hybridized carbons (Fsp3) is 0.300. The summed E-state index contributed by atoms with van der Waals surface area (Å²) in [6.45, 7) is 7.47. The first-order valence-electron chi connectivity index (χ1n) is 9.37. The van der Waals surface area contributed by atoms with Gasteiger partial charge in [0.25, 0.3) is 5.56 Å². The molecule has 0 spiro atoms. The lowest BCUT2D eigenvalue weighted by Crippen LogP contribution is -2.17. The SMILES string of the molecule is CC1=Nc2ccc(C)cc2C1=Cc1c(N)n2nc(S(=O)(=O)CC(C)C)sc2nc1=O. The third-order valence-electron chi connectivity index (χ3n) is 4.70. The van der Waals surface area contributed by atoms with Gasteiger partial charge in [-0.15, -0.1) is 5.10 Å². The lowest BCUT2D eigenvalue weighted by Gasteiger charge is -2.05. The maximum absolute atomic E-state index is 12.7. The lowest BCUT2D eigenvalue weighted by molar-refractivity contribution is 0.579. The Kier molecular flexibility index (Phi) is 4.86. The van der Waals surface area contributed by atoms with E-state index in [1.165, 1.54) is 4.52 Å². The molecule has 0 saturated carbocycles. The van der Waals surface area contributed by atoms with Crippen molar-refractivity contribution >= 4 is 55.0 Å². The quantitative estimate of drug-likeness (QED) is 0.661. The minimum Gasteiger partial charge on any atom is -0.383 e. The highest BCUT2D eigenvalue weighted by Crippen LogP contribution is 2.36. The third-order valence-corrected chi connectivity index (χ3v) is 8.13. The Balaban J connectivity index is 1.88. The van der Waals surface area contributed by atoms with Gasteiger partial charge in [-0.1, -0.05) is 36.8 Å². The summed E-state index contributed by atoms with van der Waals surface area (Å²) in [7, 11) is -3.59. The Hall–Kier alpha value is -2.85. The second-order valence-electron chi connectivity index (χ2n) is 7.73. The van der Waals surface area contributed by atoms with Crippen LogP contribution in [0.1, 0.15) is 37.5 Å². The van der Waals surface area contributed by atoms with Crippen molar-refractivity contribution in [1.29, 1.82) is 0 Å². The normalized spacial score (nSPS) is 15.2. The Morgan fingerprint density at radius 1 is 1.27 bits per heavy atom. The predicted octanol–water partition coefficient (Wildman–Crippen LogP) is 3.12. The molecule has 2 N–H and O–H groups in total. The molecule has 0 fully saturated rings. The monoisotopic (exact) mass is 443 g/mol. The molecule has 8 nitrogen and oxygen atoms in total. The number of hydrogen-bond acceptors (Lipinski definition) is 8. The second kappa shape index (κ2) is 7.13. The van der Waals surface area contributed by atoms with Crippen molar-refractivity contribution in [3.63, 3.8) is 0 Å². The Morgan fingerprint density at radius 2 is 2.00 bits per heavy atom. The third kappa shape index (κ3) is 3.46. The number of allylic oxidation sites excluding steroid dienone is 1. The van der Waals surface area contributed by atoms with Gasteiger partial charge in [-0.05, 0) is 38.0 Å². The fourth-order valence-corrected chi connectivity index (χ4v) is 6.16. The molecule has 3 heterocycles. The molecule has 156 valence electrons. The van der Waals surface area contributed by atoms with Gasteiger partial charge in [-0.3, -0.25) is 9.79 Å². The molecule has 10 heteroatoms. The summed E-state index contributed by atoms with van der Waals surface area (Å²) >= 11 is 0.845. The van der Waals surface area contributed by atoms with E-state index in [0.717, 1.165) is 39.4 Å². The molecule has 0 saturated heterocycles. The van der Waals surface area contributed by atoms with Crippen LogP contribution in [-0.4, -0.2) is 34.5 Å². The molecule has 4 rings (SSSR count). The number of sulfone groups is 1. The number of fused-ring (bicyclic) bond motifs is 2. The molecular formula is C20H21N5O3S2. The summed E-state index contributed by atoms with van der Waals surface area (Å²) in [5.74, 6) is -0.0466. The molecule has 0 amide bonds. The number of anilines is 1. The number of benzene rings is 1. The van der Waals surface area contributed by atoms with Gasteiger partial charge in [-0.25, -0.2) is 8.42 Å². The van der Waals surface area contributed by atoms with E-state index < -0.39 is 15.4 Å². The molecule has 0 aliphatic carbocycles. The first kappa shape index (κ1) is 20.4. The zero-order valence-corrected chi connectivity index (χ0v) is 18.6. The molecule has 0 atom stereocenters. The van der Waals surface area contributed by atoms with Crippen LogP contribution < -0.4 is 11.3 Å². The lowest BCUT2D eigenvalue weighted by atomic mass is 9.99. The van der Waals surface area contributed by atoms with E-state index in [0.29, 0.717) is 0 Å². The summed E-state index contributed by atoms with van der Waals surface area (Å²) in [6.07, 6.45) is 1.66. The average Bonchev–Trinajstić information content (AvgIpc) is 3.19. The van der Waals surface area contributed by atoms with Crippen LogP contribution in [0.15, 0.2) is 32.3 Å². The molecule has 2 aromatic heterocycles. The largest absolute Gasteiger partial charge is 0.383 e. The summed E-state index contributed by atoms with van der Waals surface area (Å²) in [4.78, 5) is 21.4. The van der Waals surface area contributed by atoms with Gasteiger partial charge >= 0.3 is 0 Å². The summed E-state index contributed by atoms with van der Waals surface area (Å²) in [5, 5.41) is 4.15. The number of hydrogen-bond donors (Lipinski definition) is 1. The van der Waals surface area contributed by atoms with E-state index in [4.69, 9.17) is 5.73 Å². The maximum atomic E-state index is 12.7. The van der Waals surface area contributed by atoms with E-state index in [1.54, 1.807) is 6.08 Å². The van der Waals surface area contributed by atoms with Crippen LogP contribution in [0.3, 0.4) is 0 Å². The Labute approximate surface area is 177 Å². The number of nitrogen functional groups attached to an aromatic ring is 1. The van der Waals surface area contributed by atoms with Crippen LogP contribution in [0.25, 0.3) is 16.6 Å². The van der Waals surface area contributed by atoms with Crippen molar-refractivity contribution < 1.29 is 8.42 Å². The van der Waals surface area contributed by atoms with Crippen molar-refractivity contribution in [2.45, 2.75) is 32.0 Å².